The molecule has 0 aliphatic heterocycles. The standard InChI is InChI=1S/C14H30N4O3S/c1-2-16-14(18-10-12-22(15,19)20)17-9-11-21-13-7-5-3-4-6-8-13/h13H,2-12H2,1H3,(H2,15,19,20)(H2,16,17,18). The van der Waals surface area contributed by atoms with Gasteiger partial charge in [-0.3, -0.25) is 4.99 Å². The van der Waals surface area contributed by atoms with Crippen LogP contribution in [0.5, 0.6) is 0 Å². The van der Waals surface area contributed by atoms with Crippen LogP contribution in [0.1, 0.15) is 45.4 Å². The molecule has 0 saturated heterocycles. The van der Waals surface area contributed by atoms with Crippen LogP contribution in [-0.2, 0) is 14.8 Å². The van der Waals surface area contributed by atoms with E-state index >= 15 is 0 Å². The van der Waals surface area contributed by atoms with Gasteiger partial charge in [0.1, 0.15) is 0 Å². The van der Waals surface area contributed by atoms with E-state index < -0.39 is 10.0 Å². The third kappa shape index (κ3) is 9.97. The van der Waals surface area contributed by atoms with Crippen LogP contribution in [0, 0.1) is 0 Å². The molecule has 130 valence electrons. The number of hydrogen-bond donors (Lipinski definition) is 3. The van der Waals surface area contributed by atoms with E-state index in [0.29, 0.717) is 31.8 Å². The summed E-state index contributed by atoms with van der Waals surface area (Å²) in [7, 11) is -3.45. The quantitative estimate of drug-likeness (QED) is 0.260. The van der Waals surface area contributed by atoms with Crippen molar-refractivity contribution < 1.29 is 13.2 Å². The van der Waals surface area contributed by atoms with Gasteiger partial charge in [-0.15, -0.1) is 0 Å². The summed E-state index contributed by atoms with van der Waals surface area (Å²) in [5.41, 5.74) is 0. The number of nitrogens with two attached hydrogens (primary N) is 1. The van der Waals surface area contributed by atoms with Crippen molar-refractivity contribution in [3.63, 3.8) is 0 Å². The Morgan fingerprint density at radius 1 is 1.23 bits per heavy atom. The lowest BCUT2D eigenvalue weighted by molar-refractivity contribution is 0.0487. The Balaban J connectivity index is 2.25. The highest BCUT2D eigenvalue weighted by Gasteiger charge is 2.12. The molecule has 22 heavy (non-hydrogen) atoms. The van der Waals surface area contributed by atoms with Crippen molar-refractivity contribution in [2.75, 3.05) is 32.0 Å². The molecule has 1 rings (SSSR count). The fourth-order valence-corrected chi connectivity index (χ4v) is 2.83. The first-order valence-electron chi connectivity index (χ1n) is 8.15. The molecule has 0 amide bonds. The molecule has 1 saturated carbocycles. The van der Waals surface area contributed by atoms with Crippen molar-refractivity contribution in [1.82, 2.24) is 10.6 Å². The Morgan fingerprint density at radius 3 is 2.50 bits per heavy atom. The molecule has 1 aliphatic carbocycles. The van der Waals surface area contributed by atoms with Crippen molar-refractivity contribution in [1.29, 1.82) is 0 Å². The van der Waals surface area contributed by atoms with Crippen molar-refractivity contribution in [2.24, 2.45) is 10.1 Å². The minimum absolute atomic E-state index is 0.115. The second-order valence-corrected chi connectivity index (χ2v) is 7.27. The molecule has 8 heteroatoms. The van der Waals surface area contributed by atoms with E-state index in [-0.39, 0.29) is 12.3 Å². The lowest BCUT2D eigenvalue weighted by Gasteiger charge is -2.15. The molecule has 0 atom stereocenters. The normalized spacial score (nSPS) is 18.0. The minimum atomic E-state index is -3.45. The van der Waals surface area contributed by atoms with E-state index in [2.05, 4.69) is 15.6 Å². The van der Waals surface area contributed by atoms with Gasteiger partial charge >= 0.3 is 0 Å². The molecule has 1 aliphatic rings. The molecule has 0 aromatic rings. The monoisotopic (exact) mass is 334 g/mol. The van der Waals surface area contributed by atoms with Gasteiger partial charge < -0.3 is 15.4 Å². The van der Waals surface area contributed by atoms with Crippen molar-refractivity contribution >= 4 is 16.0 Å². The topological polar surface area (TPSA) is 106 Å². The van der Waals surface area contributed by atoms with E-state index in [9.17, 15) is 8.42 Å². The van der Waals surface area contributed by atoms with Gasteiger partial charge in [-0.1, -0.05) is 25.7 Å². The highest BCUT2D eigenvalue weighted by molar-refractivity contribution is 7.89. The number of primary sulfonamides is 1. The number of sulfonamides is 1. The SMILES string of the molecule is CCNC(=NCCOC1CCCCCC1)NCCS(N)(=O)=O. The van der Waals surface area contributed by atoms with E-state index in [0.717, 1.165) is 12.8 Å². The largest absolute Gasteiger partial charge is 0.376 e. The number of hydrogen-bond acceptors (Lipinski definition) is 4. The van der Waals surface area contributed by atoms with Crippen molar-refractivity contribution in [3.8, 4) is 0 Å². The highest BCUT2D eigenvalue weighted by atomic mass is 32.2. The van der Waals surface area contributed by atoms with E-state index in [1.165, 1.54) is 25.7 Å². The fraction of sp³-hybridized carbons (Fsp3) is 0.929. The molecule has 1 fully saturated rings. The Hall–Kier alpha value is -0.860. The molecule has 7 nitrogen and oxygen atoms in total. The van der Waals surface area contributed by atoms with Crippen molar-refractivity contribution in [3.05, 3.63) is 0 Å². The first-order valence-corrected chi connectivity index (χ1v) is 9.87. The van der Waals surface area contributed by atoms with E-state index in [1.807, 2.05) is 6.92 Å². The van der Waals surface area contributed by atoms with Crippen LogP contribution in [0.25, 0.3) is 0 Å². The molecular weight excluding hydrogens is 304 g/mol. The summed E-state index contributed by atoms with van der Waals surface area (Å²) in [6.45, 7) is 4.06. The van der Waals surface area contributed by atoms with Gasteiger partial charge in [0, 0.05) is 13.1 Å². The number of nitrogens with one attached hydrogen (secondary N) is 2. The minimum Gasteiger partial charge on any atom is -0.376 e. The molecular formula is C14H30N4O3S. The Kier molecular flexibility index (Phi) is 9.42. The molecule has 0 aromatic heterocycles. The number of guanidine groups is 1. The smallest absolute Gasteiger partial charge is 0.210 e. The maximum atomic E-state index is 10.9. The maximum Gasteiger partial charge on any atom is 0.210 e. The van der Waals surface area contributed by atoms with E-state index in [1.54, 1.807) is 0 Å². The van der Waals surface area contributed by atoms with Gasteiger partial charge in [-0.25, -0.2) is 13.6 Å². The first-order chi connectivity index (χ1) is 10.5. The molecule has 0 radical (unpaired) electrons. The third-order valence-corrected chi connectivity index (χ3v) is 4.31. The Bertz CT molecular complexity index is 418. The van der Waals surface area contributed by atoms with Gasteiger partial charge in [-0.05, 0) is 19.8 Å². The number of ether oxygens (including phenoxy) is 1. The predicted molar refractivity (Wildman–Crippen MR) is 89.4 cm³/mol. The molecule has 4 N–H and O–H groups in total. The van der Waals surface area contributed by atoms with Gasteiger partial charge in [-0.2, -0.15) is 0 Å². The lowest BCUT2D eigenvalue weighted by atomic mass is 10.1. The highest BCUT2D eigenvalue weighted by Crippen LogP contribution is 2.19. The van der Waals surface area contributed by atoms with Crippen LogP contribution >= 0.6 is 0 Å². The first kappa shape index (κ1) is 19.2. The summed E-state index contributed by atoms with van der Waals surface area (Å²) >= 11 is 0. The van der Waals surface area contributed by atoms with Gasteiger partial charge in [0.2, 0.25) is 10.0 Å². The van der Waals surface area contributed by atoms with Crippen LogP contribution in [-0.4, -0.2) is 52.5 Å². The van der Waals surface area contributed by atoms with Gasteiger partial charge in [0.25, 0.3) is 0 Å². The van der Waals surface area contributed by atoms with Crippen LogP contribution in [0.2, 0.25) is 0 Å². The van der Waals surface area contributed by atoms with E-state index in [4.69, 9.17) is 9.88 Å². The zero-order valence-electron chi connectivity index (χ0n) is 13.5. The zero-order chi connectivity index (χ0) is 16.3. The average molecular weight is 334 g/mol. The number of rotatable bonds is 8. The van der Waals surface area contributed by atoms with Crippen molar-refractivity contribution in [2.45, 2.75) is 51.6 Å². The van der Waals surface area contributed by atoms with Crippen LogP contribution in [0.15, 0.2) is 4.99 Å². The summed E-state index contributed by atoms with van der Waals surface area (Å²) in [4.78, 5) is 4.37. The van der Waals surface area contributed by atoms with Crippen LogP contribution in [0.3, 0.4) is 0 Å². The molecule has 0 spiro atoms. The summed E-state index contributed by atoms with van der Waals surface area (Å²) in [6, 6.07) is 0. The maximum absolute atomic E-state index is 10.9. The van der Waals surface area contributed by atoms with Gasteiger partial charge in [0.05, 0.1) is 25.0 Å². The molecule has 0 unspecified atom stereocenters. The molecule has 0 heterocycles. The Morgan fingerprint density at radius 2 is 1.91 bits per heavy atom. The van der Waals surface area contributed by atoms with Gasteiger partial charge in [0.15, 0.2) is 5.96 Å². The Labute approximate surface area is 134 Å². The number of aliphatic imine (C=N–C) groups is 1. The average Bonchev–Trinajstić information content (AvgIpc) is 2.71. The molecule has 0 bridgehead atoms. The predicted octanol–water partition coefficient (Wildman–Crippen LogP) is 0.569. The van der Waals surface area contributed by atoms with Crippen LogP contribution in [0.4, 0.5) is 0 Å². The fourth-order valence-electron chi connectivity index (χ4n) is 2.44. The second kappa shape index (κ2) is 10.8. The summed E-state index contributed by atoms with van der Waals surface area (Å²) in [5, 5.41) is 11.0. The summed E-state index contributed by atoms with van der Waals surface area (Å²) in [6.07, 6.45) is 7.81. The zero-order valence-corrected chi connectivity index (χ0v) is 14.3. The summed E-state index contributed by atoms with van der Waals surface area (Å²) in [5.74, 6) is 0.478. The second-order valence-electron chi connectivity index (χ2n) is 5.54. The summed E-state index contributed by atoms with van der Waals surface area (Å²) < 4.78 is 27.7. The third-order valence-electron chi connectivity index (χ3n) is 3.54. The molecule has 0 aromatic carbocycles. The number of nitrogens with zero attached hydrogens (tertiary/aromatic N) is 1. The lowest BCUT2D eigenvalue weighted by Crippen LogP contribution is -2.40. The van der Waals surface area contributed by atoms with Crippen LogP contribution < -0.4 is 15.8 Å².